The zero-order valence-corrected chi connectivity index (χ0v) is 15.5. The number of carboxylic acid groups (broad SMARTS) is 1. The number of carboxylic acids is 1. The van der Waals surface area contributed by atoms with Crippen LogP contribution < -0.4 is 5.32 Å². The number of likely N-dealkylation sites (tertiary alicyclic amines) is 1. The summed E-state index contributed by atoms with van der Waals surface area (Å²) in [5, 5.41) is 13.6. The zero-order chi connectivity index (χ0) is 18.5. The monoisotopic (exact) mass is 395 g/mol. The van der Waals surface area contributed by atoms with E-state index in [0.29, 0.717) is 29.6 Å². The first-order valence-electron chi connectivity index (χ1n) is 8.13. The number of aromatic carboxylic acids is 1. The lowest BCUT2D eigenvalue weighted by atomic mass is 10.2. The number of hydrogen-bond donors (Lipinski definition) is 2. The number of hydrogen-bond acceptors (Lipinski definition) is 6. The summed E-state index contributed by atoms with van der Waals surface area (Å²) in [5.41, 5.74) is 0.875. The van der Waals surface area contributed by atoms with Crippen molar-refractivity contribution in [2.45, 2.75) is 23.2 Å². The Morgan fingerprint density at radius 3 is 2.88 bits per heavy atom. The summed E-state index contributed by atoms with van der Waals surface area (Å²) in [4.78, 5) is 28.9. The molecule has 1 aliphatic heterocycles. The maximum absolute atomic E-state index is 12.9. The molecule has 26 heavy (non-hydrogen) atoms. The van der Waals surface area contributed by atoms with Crippen molar-refractivity contribution in [3.63, 3.8) is 0 Å². The molecule has 1 saturated heterocycles. The predicted molar refractivity (Wildman–Crippen MR) is 99.4 cm³/mol. The van der Waals surface area contributed by atoms with Gasteiger partial charge in [0.05, 0.1) is 0 Å². The highest BCUT2D eigenvalue weighted by molar-refractivity contribution is 8.01. The highest BCUT2D eigenvalue weighted by Gasteiger charge is 2.30. The Hall–Kier alpha value is -2.13. The fourth-order valence-corrected chi connectivity index (χ4v) is 4.58. The second kappa shape index (κ2) is 8.50. The van der Waals surface area contributed by atoms with Crippen molar-refractivity contribution in [2.24, 2.45) is 0 Å². The van der Waals surface area contributed by atoms with Crippen LogP contribution in [0.1, 0.15) is 23.3 Å². The van der Waals surface area contributed by atoms with Gasteiger partial charge in [0, 0.05) is 42.4 Å². The van der Waals surface area contributed by atoms with Gasteiger partial charge in [-0.15, -0.1) is 11.3 Å². The molecule has 0 saturated carbocycles. The Bertz CT molecular complexity index is 782. The fourth-order valence-electron chi connectivity index (χ4n) is 2.77. The van der Waals surface area contributed by atoms with Crippen molar-refractivity contribution < 1.29 is 19.1 Å². The first-order chi connectivity index (χ1) is 12.5. The number of rotatable bonds is 8. The summed E-state index contributed by atoms with van der Waals surface area (Å²) < 4.78 is 13.6. The summed E-state index contributed by atoms with van der Waals surface area (Å²) in [6.45, 7) is 1.20. The van der Waals surface area contributed by atoms with Crippen LogP contribution in [0.4, 0.5) is 10.1 Å². The number of amides is 1. The Morgan fingerprint density at radius 2 is 2.19 bits per heavy atom. The number of halogens is 1. The Labute approximate surface area is 158 Å². The third-order valence-corrected chi connectivity index (χ3v) is 6.10. The highest BCUT2D eigenvalue weighted by atomic mass is 32.2. The molecule has 0 bridgehead atoms. The minimum Gasteiger partial charge on any atom is -0.476 e. The maximum Gasteiger partial charge on any atom is 0.355 e. The van der Waals surface area contributed by atoms with Crippen molar-refractivity contribution >= 4 is 40.7 Å². The average molecular weight is 395 g/mol. The Kier molecular flexibility index (Phi) is 6.10. The third-order valence-electron chi connectivity index (χ3n) is 4.10. The molecule has 0 aliphatic carbocycles. The summed E-state index contributed by atoms with van der Waals surface area (Å²) in [6.07, 6.45) is 1.32. The van der Waals surface area contributed by atoms with Crippen LogP contribution in [0.3, 0.4) is 0 Å². The number of aromatic nitrogens is 1. The molecular weight excluding hydrogens is 377 g/mol. The van der Waals surface area contributed by atoms with Gasteiger partial charge in [-0.05, 0) is 30.7 Å². The Morgan fingerprint density at radius 1 is 1.42 bits per heavy atom. The number of carbonyl (C=O) groups is 2. The van der Waals surface area contributed by atoms with Gasteiger partial charge in [-0.3, -0.25) is 4.79 Å². The second-order valence-corrected chi connectivity index (χ2v) is 8.02. The normalized spacial score (nSPS) is 16.9. The zero-order valence-electron chi connectivity index (χ0n) is 13.9. The van der Waals surface area contributed by atoms with E-state index in [1.54, 1.807) is 12.1 Å². The predicted octanol–water partition coefficient (Wildman–Crippen LogP) is 3.18. The second-order valence-electron chi connectivity index (χ2n) is 5.82. The summed E-state index contributed by atoms with van der Waals surface area (Å²) >= 11 is 2.75. The number of carbonyl (C=O) groups excluding carboxylic acids is 1. The number of nitrogens with one attached hydrogen (secondary N) is 1. The van der Waals surface area contributed by atoms with Crippen molar-refractivity contribution in [3.8, 4) is 0 Å². The van der Waals surface area contributed by atoms with Crippen molar-refractivity contribution in [1.82, 2.24) is 9.88 Å². The molecule has 0 radical (unpaired) electrons. The molecule has 2 heterocycles. The van der Waals surface area contributed by atoms with Crippen LogP contribution in [0, 0.1) is 5.82 Å². The fraction of sp³-hybridized carbons (Fsp3) is 0.353. The van der Waals surface area contributed by atoms with Crippen LogP contribution in [0.2, 0.25) is 0 Å². The molecule has 2 N–H and O–H groups in total. The average Bonchev–Trinajstić information content (AvgIpc) is 3.23. The molecule has 1 aliphatic rings. The van der Waals surface area contributed by atoms with Gasteiger partial charge in [0.25, 0.3) is 0 Å². The molecule has 6 nitrogen and oxygen atoms in total. The number of benzene rings is 1. The van der Waals surface area contributed by atoms with Crippen LogP contribution in [0.5, 0.6) is 0 Å². The first kappa shape index (κ1) is 18.7. The molecular formula is C17H18FN3O3S2. The SMILES string of the molecule is O=C(O)c1csc(SCCN2C(=O)CCC2CNc2ccc(F)cc2)n1. The number of nitrogens with zero attached hydrogens (tertiary/aromatic N) is 2. The maximum atomic E-state index is 12.9. The molecule has 1 fully saturated rings. The minimum atomic E-state index is -1.03. The van der Waals surface area contributed by atoms with Gasteiger partial charge in [-0.25, -0.2) is 14.2 Å². The Balaban J connectivity index is 1.49. The van der Waals surface area contributed by atoms with Crippen molar-refractivity contribution in [1.29, 1.82) is 0 Å². The van der Waals surface area contributed by atoms with E-state index in [1.807, 2.05) is 4.90 Å². The molecule has 3 rings (SSSR count). The van der Waals surface area contributed by atoms with Gasteiger partial charge >= 0.3 is 5.97 Å². The highest BCUT2D eigenvalue weighted by Crippen LogP contribution is 2.25. The van der Waals surface area contributed by atoms with Crippen LogP contribution >= 0.6 is 23.1 Å². The van der Waals surface area contributed by atoms with E-state index in [2.05, 4.69) is 10.3 Å². The van der Waals surface area contributed by atoms with Gasteiger partial charge in [-0.1, -0.05) is 11.8 Å². The molecule has 138 valence electrons. The van der Waals surface area contributed by atoms with Gasteiger partial charge < -0.3 is 15.3 Å². The van der Waals surface area contributed by atoms with Crippen LogP contribution in [0.25, 0.3) is 0 Å². The van der Waals surface area contributed by atoms with E-state index in [-0.39, 0.29) is 23.5 Å². The number of anilines is 1. The third kappa shape index (κ3) is 4.73. The number of thiazole rings is 1. The lowest BCUT2D eigenvalue weighted by molar-refractivity contribution is -0.128. The molecule has 1 atom stereocenters. The quantitative estimate of drug-likeness (QED) is 0.668. The molecule has 0 spiro atoms. The van der Waals surface area contributed by atoms with E-state index in [0.717, 1.165) is 12.1 Å². The smallest absolute Gasteiger partial charge is 0.355 e. The van der Waals surface area contributed by atoms with Gasteiger partial charge in [-0.2, -0.15) is 0 Å². The lowest BCUT2D eigenvalue weighted by Gasteiger charge is -2.25. The molecule has 1 aromatic heterocycles. The van der Waals surface area contributed by atoms with Crippen LogP contribution in [-0.4, -0.2) is 51.8 Å². The first-order valence-corrected chi connectivity index (χ1v) is 10.00. The summed E-state index contributed by atoms with van der Waals surface area (Å²) in [6, 6.07) is 6.24. The van der Waals surface area contributed by atoms with Crippen molar-refractivity contribution in [2.75, 3.05) is 24.2 Å². The topological polar surface area (TPSA) is 82.5 Å². The number of thioether (sulfide) groups is 1. The molecule has 2 aromatic rings. The standard InChI is InChI=1S/C17H18FN3O3S2/c18-11-1-3-12(4-2-11)19-9-13-5-6-15(22)21(13)7-8-25-17-20-14(10-26-17)16(23)24/h1-4,10,13,19H,5-9H2,(H,23,24). The van der Waals surface area contributed by atoms with Crippen LogP contribution in [0.15, 0.2) is 34.0 Å². The summed E-state index contributed by atoms with van der Waals surface area (Å²) in [7, 11) is 0. The lowest BCUT2D eigenvalue weighted by Crippen LogP contribution is -2.39. The molecule has 1 aromatic carbocycles. The van der Waals surface area contributed by atoms with Crippen molar-refractivity contribution in [3.05, 3.63) is 41.2 Å². The molecule has 9 heteroatoms. The van der Waals surface area contributed by atoms with E-state index in [1.165, 1.54) is 40.6 Å². The summed E-state index contributed by atoms with van der Waals surface area (Å²) in [5.74, 6) is -0.527. The van der Waals surface area contributed by atoms with E-state index >= 15 is 0 Å². The van der Waals surface area contributed by atoms with Crippen LogP contribution in [-0.2, 0) is 4.79 Å². The van der Waals surface area contributed by atoms with E-state index in [4.69, 9.17) is 5.11 Å². The largest absolute Gasteiger partial charge is 0.476 e. The minimum absolute atomic E-state index is 0.0520. The van der Waals surface area contributed by atoms with E-state index in [9.17, 15) is 14.0 Å². The van der Waals surface area contributed by atoms with Gasteiger partial charge in [0.2, 0.25) is 5.91 Å². The van der Waals surface area contributed by atoms with E-state index < -0.39 is 5.97 Å². The molecule has 1 unspecified atom stereocenters. The van der Waals surface area contributed by atoms with Gasteiger partial charge in [0.1, 0.15) is 5.82 Å². The molecule has 1 amide bonds. The van der Waals surface area contributed by atoms with Gasteiger partial charge in [0.15, 0.2) is 10.0 Å².